The van der Waals surface area contributed by atoms with E-state index in [1.54, 1.807) is 0 Å². The smallest absolute Gasteiger partial charge is 0.137 e. The van der Waals surface area contributed by atoms with Gasteiger partial charge in [-0.05, 0) is 31.0 Å². The minimum absolute atomic E-state index is 0.126. The fraction of sp³-hybridized carbons (Fsp3) is 0.235. The van der Waals surface area contributed by atoms with E-state index in [-0.39, 0.29) is 6.61 Å². The predicted octanol–water partition coefficient (Wildman–Crippen LogP) is 3.15. The van der Waals surface area contributed by atoms with Crippen LogP contribution in [0, 0.1) is 13.8 Å². The third kappa shape index (κ3) is 2.10. The summed E-state index contributed by atoms with van der Waals surface area (Å²) >= 11 is 0. The van der Waals surface area contributed by atoms with Gasteiger partial charge in [-0.2, -0.15) is 0 Å². The molecule has 0 bridgehead atoms. The Morgan fingerprint density at radius 1 is 1.10 bits per heavy atom. The molecule has 0 fully saturated rings. The molecule has 3 aromatic rings. The lowest BCUT2D eigenvalue weighted by atomic mass is 10.1. The molecule has 102 valence electrons. The Hall–Kier alpha value is -2.13. The van der Waals surface area contributed by atoms with Crippen molar-refractivity contribution in [1.82, 2.24) is 9.38 Å². The normalized spacial score (nSPS) is 11.2. The summed E-state index contributed by atoms with van der Waals surface area (Å²) in [5.41, 5.74) is 6.53. The van der Waals surface area contributed by atoms with Crippen LogP contribution in [0.3, 0.4) is 0 Å². The second-order valence-corrected chi connectivity index (χ2v) is 5.11. The van der Waals surface area contributed by atoms with Gasteiger partial charge in [-0.1, -0.05) is 30.3 Å². The average Bonchev–Trinajstić information content (AvgIpc) is 2.79. The first-order valence-electron chi connectivity index (χ1n) is 6.85. The molecule has 1 N–H and O–H groups in total. The molecule has 0 spiro atoms. The largest absolute Gasteiger partial charge is 0.396 e. The van der Waals surface area contributed by atoms with Crippen LogP contribution < -0.4 is 0 Å². The lowest BCUT2D eigenvalue weighted by molar-refractivity contribution is 0.298. The van der Waals surface area contributed by atoms with Crippen LogP contribution >= 0.6 is 0 Å². The van der Waals surface area contributed by atoms with Gasteiger partial charge in [0.2, 0.25) is 0 Å². The van der Waals surface area contributed by atoms with E-state index in [2.05, 4.69) is 42.6 Å². The summed E-state index contributed by atoms with van der Waals surface area (Å²) < 4.78 is 2.10. The van der Waals surface area contributed by atoms with Crippen LogP contribution in [-0.2, 0) is 6.42 Å². The first-order chi connectivity index (χ1) is 9.70. The first-order valence-corrected chi connectivity index (χ1v) is 6.85. The summed E-state index contributed by atoms with van der Waals surface area (Å²) in [5.74, 6) is 0. The van der Waals surface area contributed by atoms with Gasteiger partial charge in [0.1, 0.15) is 5.65 Å². The van der Waals surface area contributed by atoms with E-state index < -0.39 is 0 Å². The maximum Gasteiger partial charge on any atom is 0.137 e. The minimum atomic E-state index is 0.126. The van der Waals surface area contributed by atoms with E-state index in [0.29, 0.717) is 6.42 Å². The van der Waals surface area contributed by atoms with E-state index in [0.717, 1.165) is 22.6 Å². The standard InChI is InChI=1S/C17H18N2O/c1-12-10-16-18-17(14-6-4-3-5-7-14)15(8-9-20)19(16)11-13(12)2/h3-7,10-11,20H,8-9H2,1-2H3. The molecule has 0 aliphatic rings. The van der Waals surface area contributed by atoms with Gasteiger partial charge in [-0.15, -0.1) is 0 Å². The predicted molar refractivity (Wildman–Crippen MR) is 80.9 cm³/mol. The molecule has 0 aliphatic heterocycles. The summed E-state index contributed by atoms with van der Waals surface area (Å²) in [5, 5.41) is 9.35. The van der Waals surface area contributed by atoms with Crippen molar-refractivity contribution in [3.8, 4) is 11.3 Å². The summed E-state index contributed by atoms with van der Waals surface area (Å²) in [6.07, 6.45) is 2.71. The van der Waals surface area contributed by atoms with Crippen LogP contribution in [0.15, 0.2) is 42.6 Å². The van der Waals surface area contributed by atoms with Gasteiger partial charge in [0.25, 0.3) is 0 Å². The second-order valence-electron chi connectivity index (χ2n) is 5.11. The Bertz CT molecular complexity index is 745. The average molecular weight is 266 g/mol. The Morgan fingerprint density at radius 2 is 1.85 bits per heavy atom. The highest BCUT2D eigenvalue weighted by Crippen LogP contribution is 2.26. The van der Waals surface area contributed by atoms with E-state index >= 15 is 0 Å². The van der Waals surface area contributed by atoms with Crippen molar-refractivity contribution in [3.05, 3.63) is 59.4 Å². The molecule has 0 atom stereocenters. The van der Waals surface area contributed by atoms with Gasteiger partial charge >= 0.3 is 0 Å². The molecule has 20 heavy (non-hydrogen) atoms. The SMILES string of the molecule is Cc1cc2nc(-c3ccccc3)c(CCO)n2cc1C. The van der Waals surface area contributed by atoms with Crippen molar-refractivity contribution in [2.24, 2.45) is 0 Å². The Labute approximate surface area is 118 Å². The van der Waals surface area contributed by atoms with Gasteiger partial charge in [0.05, 0.1) is 11.4 Å². The minimum Gasteiger partial charge on any atom is -0.396 e. The molecule has 3 nitrogen and oxygen atoms in total. The van der Waals surface area contributed by atoms with Crippen molar-refractivity contribution >= 4 is 5.65 Å². The number of pyridine rings is 1. The summed E-state index contributed by atoms with van der Waals surface area (Å²) in [4.78, 5) is 4.76. The van der Waals surface area contributed by atoms with Gasteiger partial charge < -0.3 is 9.51 Å². The van der Waals surface area contributed by atoms with Crippen LogP contribution in [0.25, 0.3) is 16.9 Å². The summed E-state index contributed by atoms with van der Waals surface area (Å²) in [6.45, 7) is 4.32. The number of aryl methyl sites for hydroxylation is 2. The topological polar surface area (TPSA) is 37.5 Å². The highest BCUT2D eigenvalue weighted by molar-refractivity contribution is 5.67. The highest BCUT2D eigenvalue weighted by Gasteiger charge is 2.14. The monoisotopic (exact) mass is 266 g/mol. The molecule has 0 amide bonds. The first kappa shape index (κ1) is 12.9. The number of hydrogen-bond acceptors (Lipinski definition) is 2. The zero-order valence-corrected chi connectivity index (χ0v) is 11.8. The maximum atomic E-state index is 9.35. The van der Waals surface area contributed by atoms with Crippen molar-refractivity contribution in [2.75, 3.05) is 6.61 Å². The molecule has 0 saturated carbocycles. The van der Waals surface area contributed by atoms with Gasteiger partial charge in [-0.3, -0.25) is 0 Å². The molecular formula is C17H18N2O. The zero-order chi connectivity index (χ0) is 14.1. The molecule has 3 rings (SSSR count). The molecule has 0 aliphatic carbocycles. The van der Waals surface area contributed by atoms with E-state index in [9.17, 15) is 5.11 Å². The fourth-order valence-corrected chi connectivity index (χ4v) is 2.51. The molecule has 1 aromatic carbocycles. The molecule has 3 heteroatoms. The van der Waals surface area contributed by atoms with Crippen molar-refractivity contribution in [1.29, 1.82) is 0 Å². The van der Waals surface area contributed by atoms with E-state index in [1.807, 2.05) is 18.2 Å². The number of aliphatic hydroxyl groups is 1. The second kappa shape index (κ2) is 5.10. The maximum absolute atomic E-state index is 9.35. The number of nitrogens with zero attached hydrogens (tertiary/aromatic N) is 2. The number of imidazole rings is 1. The quantitative estimate of drug-likeness (QED) is 0.790. The van der Waals surface area contributed by atoms with Crippen LogP contribution in [0.4, 0.5) is 0 Å². The summed E-state index contributed by atoms with van der Waals surface area (Å²) in [6, 6.07) is 12.2. The molecule has 2 aromatic heterocycles. The van der Waals surface area contributed by atoms with E-state index in [4.69, 9.17) is 4.98 Å². The molecule has 0 saturated heterocycles. The van der Waals surface area contributed by atoms with Crippen LogP contribution in [-0.4, -0.2) is 21.1 Å². The molecular weight excluding hydrogens is 248 g/mol. The number of fused-ring (bicyclic) bond motifs is 1. The van der Waals surface area contributed by atoms with Crippen molar-refractivity contribution in [2.45, 2.75) is 20.3 Å². The third-order valence-corrected chi connectivity index (χ3v) is 3.72. The zero-order valence-electron chi connectivity index (χ0n) is 11.8. The number of benzene rings is 1. The molecule has 0 radical (unpaired) electrons. The Kier molecular flexibility index (Phi) is 3.28. The van der Waals surface area contributed by atoms with Gasteiger partial charge in [0, 0.05) is 24.8 Å². The van der Waals surface area contributed by atoms with Crippen LogP contribution in [0.1, 0.15) is 16.8 Å². The van der Waals surface area contributed by atoms with Gasteiger partial charge in [-0.25, -0.2) is 4.98 Å². The van der Waals surface area contributed by atoms with Crippen LogP contribution in [0.2, 0.25) is 0 Å². The Morgan fingerprint density at radius 3 is 2.55 bits per heavy atom. The number of hydrogen-bond donors (Lipinski definition) is 1. The lowest BCUT2D eigenvalue weighted by Crippen LogP contribution is -1.99. The fourth-order valence-electron chi connectivity index (χ4n) is 2.51. The molecule has 0 unspecified atom stereocenters. The highest BCUT2D eigenvalue weighted by atomic mass is 16.3. The van der Waals surface area contributed by atoms with Crippen molar-refractivity contribution in [3.63, 3.8) is 0 Å². The van der Waals surface area contributed by atoms with Crippen molar-refractivity contribution < 1.29 is 5.11 Å². The number of aromatic nitrogens is 2. The number of rotatable bonds is 3. The molecule has 2 heterocycles. The summed E-state index contributed by atoms with van der Waals surface area (Å²) in [7, 11) is 0. The van der Waals surface area contributed by atoms with Crippen LogP contribution in [0.5, 0.6) is 0 Å². The number of aliphatic hydroxyl groups excluding tert-OH is 1. The van der Waals surface area contributed by atoms with Gasteiger partial charge in [0.15, 0.2) is 0 Å². The third-order valence-electron chi connectivity index (χ3n) is 3.72. The van der Waals surface area contributed by atoms with E-state index in [1.165, 1.54) is 11.1 Å². The lowest BCUT2D eigenvalue weighted by Gasteiger charge is -2.05. The Balaban J connectivity index is 2.28.